The second-order valence-corrected chi connectivity index (χ2v) is 5.07. The van der Waals surface area contributed by atoms with Crippen molar-refractivity contribution in [2.45, 2.75) is 32.7 Å². The van der Waals surface area contributed by atoms with Gasteiger partial charge in [-0.2, -0.15) is 0 Å². The molecule has 0 saturated heterocycles. The van der Waals surface area contributed by atoms with Crippen LogP contribution in [0.5, 0.6) is 0 Å². The van der Waals surface area contributed by atoms with E-state index in [1.165, 1.54) is 7.11 Å². The van der Waals surface area contributed by atoms with E-state index in [-0.39, 0.29) is 12.0 Å². The second-order valence-electron chi connectivity index (χ2n) is 5.07. The average molecular weight is 278 g/mol. The molecule has 0 aliphatic rings. The maximum atomic E-state index is 11.7. The number of nitrogens with one attached hydrogen (secondary N) is 2. The Balaban J connectivity index is 2.76. The average Bonchev–Trinajstić information content (AvgIpc) is 2.44. The summed E-state index contributed by atoms with van der Waals surface area (Å²) in [4.78, 5) is 23.1. The Bertz CT molecular complexity index is 467. The summed E-state index contributed by atoms with van der Waals surface area (Å²) in [5.74, 6) is -0.372. The molecule has 1 aromatic carbocycles. The van der Waals surface area contributed by atoms with Crippen molar-refractivity contribution in [2.24, 2.45) is 0 Å². The van der Waals surface area contributed by atoms with Gasteiger partial charge in [0.05, 0.1) is 18.2 Å². The number of carbonyl (C=O) groups excluding carboxylic acids is 2. The first kappa shape index (κ1) is 16.0. The molecule has 0 heterocycles. The van der Waals surface area contributed by atoms with Gasteiger partial charge in [-0.05, 0) is 38.0 Å². The Kier molecular flexibility index (Phi) is 5.55. The molecule has 0 aromatic heterocycles. The van der Waals surface area contributed by atoms with Crippen molar-refractivity contribution in [1.82, 2.24) is 10.6 Å². The number of hydrogen-bond acceptors (Lipinski definition) is 3. The number of ether oxygens (including phenoxy) is 1. The van der Waals surface area contributed by atoms with Crippen molar-refractivity contribution in [1.29, 1.82) is 0 Å². The highest BCUT2D eigenvalue weighted by atomic mass is 16.5. The lowest BCUT2D eigenvalue weighted by molar-refractivity contribution is 0.0600. The molecule has 0 spiro atoms. The molecule has 0 radical (unpaired) electrons. The van der Waals surface area contributed by atoms with Gasteiger partial charge in [-0.3, -0.25) is 0 Å². The van der Waals surface area contributed by atoms with Crippen LogP contribution in [-0.2, 0) is 10.3 Å². The monoisotopic (exact) mass is 278 g/mol. The van der Waals surface area contributed by atoms with Crippen LogP contribution in [-0.4, -0.2) is 25.7 Å². The van der Waals surface area contributed by atoms with Crippen molar-refractivity contribution >= 4 is 12.0 Å². The minimum atomic E-state index is -0.521. The Morgan fingerprint density at radius 3 is 2.30 bits per heavy atom. The van der Waals surface area contributed by atoms with Gasteiger partial charge in [0.25, 0.3) is 0 Å². The van der Waals surface area contributed by atoms with Crippen molar-refractivity contribution in [3.8, 4) is 0 Å². The molecule has 110 valence electrons. The molecule has 5 nitrogen and oxygen atoms in total. The zero-order chi connectivity index (χ0) is 15.2. The van der Waals surface area contributed by atoms with E-state index in [1.54, 1.807) is 12.1 Å². The SMILES string of the molecule is CCCNC(=O)NC(C)(C)c1ccc(C(=O)OC)cc1. The lowest BCUT2D eigenvalue weighted by Gasteiger charge is -2.27. The Hall–Kier alpha value is -2.04. The van der Waals surface area contributed by atoms with Crippen LogP contribution in [0.1, 0.15) is 43.1 Å². The molecular weight excluding hydrogens is 256 g/mol. The molecule has 2 N–H and O–H groups in total. The summed E-state index contributed by atoms with van der Waals surface area (Å²) < 4.78 is 4.65. The lowest BCUT2D eigenvalue weighted by atomic mass is 9.93. The molecule has 0 aliphatic heterocycles. The predicted octanol–water partition coefficient (Wildman–Crippen LogP) is 2.42. The number of hydrogen-bond donors (Lipinski definition) is 2. The minimum Gasteiger partial charge on any atom is -0.465 e. The largest absolute Gasteiger partial charge is 0.465 e. The summed E-state index contributed by atoms with van der Waals surface area (Å²) in [6, 6.07) is 6.80. The highest BCUT2D eigenvalue weighted by molar-refractivity contribution is 5.89. The van der Waals surface area contributed by atoms with Crippen LogP contribution in [0.15, 0.2) is 24.3 Å². The zero-order valence-corrected chi connectivity index (χ0v) is 12.4. The first-order chi connectivity index (χ1) is 9.40. The standard InChI is InChI=1S/C15H22N2O3/c1-5-10-16-14(19)17-15(2,3)12-8-6-11(7-9-12)13(18)20-4/h6-9H,5,10H2,1-4H3,(H2,16,17,19). The van der Waals surface area contributed by atoms with Gasteiger partial charge in [-0.1, -0.05) is 19.1 Å². The highest BCUT2D eigenvalue weighted by Gasteiger charge is 2.22. The van der Waals surface area contributed by atoms with Gasteiger partial charge < -0.3 is 15.4 Å². The number of esters is 1. The van der Waals surface area contributed by atoms with Crippen LogP contribution < -0.4 is 10.6 Å². The molecule has 0 bridgehead atoms. The molecule has 0 atom stereocenters. The Morgan fingerprint density at radius 1 is 1.20 bits per heavy atom. The number of benzene rings is 1. The Labute approximate surface area is 119 Å². The van der Waals surface area contributed by atoms with Gasteiger partial charge in [-0.25, -0.2) is 9.59 Å². The molecule has 0 saturated carbocycles. The number of methoxy groups -OCH3 is 1. The molecule has 5 heteroatoms. The fraction of sp³-hybridized carbons (Fsp3) is 0.467. The van der Waals surface area contributed by atoms with E-state index < -0.39 is 5.54 Å². The summed E-state index contributed by atoms with van der Waals surface area (Å²) in [7, 11) is 1.35. The summed E-state index contributed by atoms with van der Waals surface area (Å²) in [5, 5.41) is 5.68. The quantitative estimate of drug-likeness (QED) is 0.813. The Morgan fingerprint density at radius 2 is 1.80 bits per heavy atom. The predicted molar refractivity (Wildman–Crippen MR) is 77.6 cm³/mol. The number of urea groups is 1. The van der Waals surface area contributed by atoms with E-state index in [4.69, 9.17) is 0 Å². The lowest BCUT2D eigenvalue weighted by Crippen LogP contribution is -2.46. The van der Waals surface area contributed by atoms with E-state index in [2.05, 4.69) is 15.4 Å². The molecule has 2 amide bonds. The third-order valence-electron chi connectivity index (χ3n) is 2.99. The van der Waals surface area contributed by atoms with Gasteiger partial charge in [0.15, 0.2) is 0 Å². The van der Waals surface area contributed by atoms with Crippen LogP contribution in [0.4, 0.5) is 4.79 Å². The zero-order valence-electron chi connectivity index (χ0n) is 12.4. The topological polar surface area (TPSA) is 67.4 Å². The van der Waals surface area contributed by atoms with Crippen LogP contribution >= 0.6 is 0 Å². The molecule has 0 fully saturated rings. The minimum absolute atomic E-state index is 0.200. The van der Waals surface area contributed by atoms with Crippen molar-refractivity contribution in [3.05, 3.63) is 35.4 Å². The number of amides is 2. The molecule has 0 unspecified atom stereocenters. The van der Waals surface area contributed by atoms with Crippen LogP contribution in [0, 0.1) is 0 Å². The fourth-order valence-electron chi connectivity index (χ4n) is 1.78. The number of rotatable bonds is 5. The molecular formula is C15H22N2O3. The molecule has 0 aliphatic carbocycles. The maximum Gasteiger partial charge on any atom is 0.337 e. The van der Waals surface area contributed by atoms with Crippen LogP contribution in [0.25, 0.3) is 0 Å². The van der Waals surface area contributed by atoms with Gasteiger partial charge in [-0.15, -0.1) is 0 Å². The van der Waals surface area contributed by atoms with Crippen molar-refractivity contribution in [2.75, 3.05) is 13.7 Å². The van der Waals surface area contributed by atoms with Crippen LogP contribution in [0.3, 0.4) is 0 Å². The first-order valence-corrected chi connectivity index (χ1v) is 6.65. The third-order valence-corrected chi connectivity index (χ3v) is 2.99. The van der Waals surface area contributed by atoms with Gasteiger partial charge in [0.1, 0.15) is 0 Å². The van der Waals surface area contributed by atoms with E-state index in [0.29, 0.717) is 12.1 Å². The molecule has 1 aromatic rings. The first-order valence-electron chi connectivity index (χ1n) is 6.65. The number of carbonyl (C=O) groups is 2. The maximum absolute atomic E-state index is 11.7. The van der Waals surface area contributed by atoms with Crippen molar-refractivity contribution in [3.63, 3.8) is 0 Å². The normalized spacial score (nSPS) is 10.8. The second kappa shape index (κ2) is 6.93. The smallest absolute Gasteiger partial charge is 0.337 e. The van der Waals surface area contributed by atoms with Gasteiger partial charge >= 0.3 is 12.0 Å². The summed E-state index contributed by atoms with van der Waals surface area (Å²) in [6.07, 6.45) is 0.891. The van der Waals surface area contributed by atoms with E-state index in [0.717, 1.165) is 12.0 Å². The summed E-state index contributed by atoms with van der Waals surface area (Å²) in [5.41, 5.74) is 0.881. The van der Waals surface area contributed by atoms with E-state index >= 15 is 0 Å². The molecule has 1 rings (SSSR count). The van der Waals surface area contributed by atoms with Crippen molar-refractivity contribution < 1.29 is 14.3 Å². The third kappa shape index (κ3) is 4.26. The fourth-order valence-corrected chi connectivity index (χ4v) is 1.78. The highest BCUT2D eigenvalue weighted by Crippen LogP contribution is 2.20. The van der Waals surface area contributed by atoms with Crippen LogP contribution in [0.2, 0.25) is 0 Å². The van der Waals surface area contributed by atoms with E-state index in [1.807, 2.05) is 32.9 Å². The summed E-state index contributed by atoms with van der Waals surface area (Å²) >= 11 is 0. The van der Waals surface area contributed by atoms with Gasteiger partial charge in [0.2, 0.25) is 0 Å². The summed E-state index contributed by atoms with van der Waals surface area (Å²) in [6.45, 7) is 6.46. The van der Waals surface area contributed by atoms with Gasteiger partial charge in [0, 0.05) is 6.54 Å². The molecule has 20 heavy (non-hydrogen) atoms. The van der Waals surface area contributed by atoms with E-state index in [9.17, 15) is 9.59 Å².